The van der Waals surface area contributed by atoms with Crippen LogP contribution in [0, 0.1) is 0 Å². The van der Waals surface area contributed by atoms with Gasteiger partial charge in [-0.2, -0.15) is 0 Å². The number of thiazole rings is 1. The number of carbonyl (C=O) groups excluding carboxylic acids is 1. The second-order valence-corrected chi connectivity index (χ2v) is 7.35. The van der Waals surface area contributed by atoms with Crippen LogP contribution in [0.3, 0.4) is 0 Å². The highest BCUT2D eigenvalue weighted by Gasteiger charge is 2.35. The number of thiophene rings is 1. The number of carboxylic acid groups (broad SMARTS) is 1. The van der Waals surface area contributed by atoms with Gasteiger partial charge in [-0.15, -0.1) is 22.7 Å². The number of rotatable bonds is 3. The maximum Gasteiger partial charge on any atom is 0.326 e. The van der Waals surface area contributed by atoms with Crippen molar-refractivity contribution in [3.63, 3.8) is 0 Å². The van der Waals surface area contributed by atoms with Crippen LogP contribution in [0.5, 0.6) is 0 Å². The van der Waals surface area contributed by atoms with E-state index in [2.05, 4.69) is 20.9 Å². The highest BCUT2D eigenvalue weighted by atomic mass is 79.9. The van der Waals surface area contributed by atoms with E-state index in [9.17, 15) is 9.59 Å². The molecule has 0 spiro atoms. The van der Waals surface area contributed by atoms with Crippen LogP contribution in [0.25, 0.3) is 9.88 Å². The van der Waals surface area contributed by atoms with E-state index in [0.717, 1.165) is 20.8 Å². The number of hydrogen-bond acceptors (Lipinski definition) is 5. The van der Waals surface area contributed by atoms with E-state index in [1.807, 2.05) is 11.4 Å². The first-order valence-corrected chi connectivity index (χ1v) is 8.85. The summed E-state index contributed by atoms with van der Waals surface area (Å²) in [4.78, 5) is 30.3. The van der Waals surface area contributed by atoms with E-state index in [0.29, 0.717) is 18.7 Å². The summed E-state index contributed by atoms with van der Waals surface area (Å²) in [7, 11) is 0. The lowest BCUT2D eigenvalue weighted by Crippen LogP contribution is -2.40. The Labute approximate surface area is 137 Å². The smallest absolute Gasteiger partial charge is 0.326 e. The predicted molar refractivity (Wildman–Crippen MR) is 84.8 cm³/mol. The van der Waals surface area contributed by atoms with Gasteiger partial charge in [0.2, 0.25) is 0 Å². The summed E-state index contributed by atoms with van der Waals surface area (Å²) >= 11 is 6.33. The minimum atomic E-state index is -0.946. The standard InChI is InChI=1S/C13H11BrN2O3S2/c14-7-4-10(20-5-7)11-15-8(6-21-11)12(17)16-3-1-2-9(16)13(18)19/h4-6,9H,1-3H2,(H,18,19). The van der Waals surface area contributed by atoms with Crippen LogP contribution in [0.15, 0.2) is 21.3 Å². The third-order valence-corrected chi connectivity index (χ3v) is 6.00. The van der Waals surface area contributed by atoms with Gasteiger partial charge in [0.05, 0.1) is 4.88 Å². The molecular weight excluding hydrogens is 376 g/mol. The Kier molecular flexibility index (Phi) is 4.10. The van der Waals surface area contributed by atoms with Crippen molar-refractivity contribution >= 4 is 50.5 Å². The summed E-state index contributed by atoms with van der Waals surface area (Å²) in [5.41, 5.74) is 0.327. The molecular formula is C13H11BrN2O3S2. The lowest BCUT2D eigenvalue weighted by atomic mass is 10.2. The highest BCUT2D eigenvalue weighted by molar-refractivity contribution is 9.10. The Hall–Kier alpha value is -1.25. The highest BCUT2D eigenvalue weighted by Crippen LogP contribution is 2.32. The van der Waals surface area contributed by atoms with Crippen molar-refractivity contribution < 1.29 is 14.7 Å². The molecule has 21 heavy (non-hydrogen) atoms. The third-order valence-electron chi connectivity index (χ3n) is 3.30. The molecule has 1 unspecified atom stereocenters. The van der Waals surface area contributed by atoms with Crippen molar-refractivity contribution in [2.24, 2.45) is 0 Å². The summed E-state index contributed by atoms with van der Waals surface area (Å²) in [5, 5.41) is 13.6. The SMILES string of the molecule is O=C(O)C1CCCN1C(=O)c1csc(-c2cc(Br)cs2)n1. The molecule has 1 aliphatic heterocycles. The topological polar surface area (TPSA) is 70.5 Å². The first-order valence-electron chi connectivity index (χ1n) is 6.30. The van der Waals surface area contributed by atoms with Crippen LogP contribution in [-0.2, 0) is 4.79 Å². The third kappa shape index (κ3) is 2.88. The zero-order chi connectivity index (χ0) is 15.0. The fraction of sp³-hybridized carbons (Fsp3) is 0.308. The largest absolute Gasteiger partial charge is 0.480 e. The number of carboxylic acids is 1. The molecule has 8 heteroatoms. The second kappa shape index (κ2) is 5.86. The van der Waals surface area contributed by atoms with Crippen molar-refractivity contribution in [1.29, 1.82) is 0 Å². The van der Waals surface area contributed by atoms with E-state index < -0.39 is 12.0 Å². The number of aliphatic carboxylic acids is 1. The molecule has 1 amide bonds. The average Bonchev–Trinajstić information content (AvgIpc) is 3.17. The quantitative estimate of drug-likeness (QED) is 0.877. The number of likely N-dealkylation sites (tertiary alicyclic amines) is 1. The molecule has 1 atom stereocenters. The van der Waals surface area contributed by atoms with Crippen LogP contribution >= 0.6 is 38.6 Å². The monoisotopic (exact) mass is 386 g/mol. The van der Waals surface area contributed by atoms with Gasteiger partial charge in [0, 0.05) is 21.8 Å². The summed E-state index contributed by atoms with van der Waals surface area (Å²) in [6.07, 6.45) is 1.23. The lowest BCUT2D eigenvalue weighted by Gasteiger charge is -2.20. The van der Waals surface area contributed by atoms with Gasteiger partial charge in [0.25, 0.3) is 5.91 Å². The Morgan fingerprint density at radius 2 is 2.19 bits per heavy atom. The predicted octanol–water partition coefficient (Wildman–Crippen LogP) is 3.32. The van der Waals surface area contributed by atoms with Crippen molar-refractivity contribution in [3.8, 4) is 9.88 Å². The van der Waals surface area contributed by atoms with Gasteiger partial charge < -0.3 is 10.0 Å². The van der Waals surface area contributed by atoms with Gasteiger partial charge in [0.15, 0.2) is 0 Å². The van der Waals surface area contributed by atoms with E-state index in [1.54, 1.807) is 16.7 Å². The summed E-state index contributed by atoms with van der Waals surface area (Å²) in [6.45, 7) is 0.479. The zero-order valence-corrected chi connectivity index (χ0v) is 14.0. The van der Waals surface area contributed by atoms with E-state index in [-0.39, 0.29) is 5.91 Å². The van der Waals surface area contributed by atoms with Crippen LogP contribution in [0.2, 0.25) is 0 Å². The lowest BCUT2D eigenvalue weighted by molar-refractivity contribution is -0.141. The van der Waals surface area contributed by atoms with Gasteiger partial charge in [-0.25, -0.2) is 9.78 Å². The molecule has 1 saturated heterocycles. The number of halogens is 1. The Morgan fingerprint density at radius 1 is 1.38 bits per heavy atom. The number of aromatic nitrogens is 1. The number of amides is 1. The molecule has 2 aromatic rings. The molecule has 1 aliphatic rings. The van der Waals surface area contributed by atoms with Crippen LogP contribution in [0.1, 0.15) is 23.3 Å². The molecule has 2 aromatic heterocycles. The maximum absolute atomic E-state index is 12.4. The molecule has 0 radical (unpaired) electrons. The van der Waals surface area contributed by atoms with Gasteiger partial charge in [-0.3, -0.25) is 4.79 Å². The van der Waals surface area contributed by atoms with E-state index in [1.165, 1.54) is 16.2 Å². The zero-order valence-electron chi connectivity index (χ0n) is 10.8. The summed E-state index contributed by atoms with van der Waals surface area (Å²) < 4.78 is 0.982. The van der Waals surface area contributed by atoms with Crippen molar-refractivity contribution in [2.45, 2.75) is 18.9 Å². The van der Waals surface area contributed by atoms with Crippen molar-refractivity contribution in [1.82, 2.24) is 9.88 Å². The minimum absolute atomic E-state index is 0.293. The fourth-order valence-corrected chi connectivity index (χ4v) is 4.63. The van der Waals surface area contributed by atoms with Gasteiger partial charge >= 0.3 is 5.97 Å². The average molecular weight is 387 g/mol. The number of nitrogens with zero attached hydrogens (tertiary/aromatic N) is 2. The first-order chi connectivity index (χ1) is 10.1. The molecule has 0 saturated carbocycles. The van der Waals surface area contributed by atoms with Gasteiger partial charge in [0.1, 0.15) is 16.7 Å². The van der Waals surface area contributed by atoms with E-state index in [4.69, 9.17) is 5.11 Å². The molecule has 0 aromatic carbocycles. The fourth-order valence-electron chi connectivity index (χ4n) is 2.32. The van der Waals surface area contributed by atoms with Crippen LogP contribution < -0.4 is 0 Å². The number of hydrogen-bond donors (Lipinski definition) is 1. The maximum atomic E-state index is 12.4. The van der Waals surface area contributed by atoms with Gasteiger partial charge in [-0.05, 0) is 34.8 Å². The molecule has 0 aliphatic carbocycles. The Bertz CT molecular complexity index is 697. The van der Waals surface area contributed by atoms with Gasteiger partial charge in [-0.1, -0.05) is 0 Å². The van der Waals surface area contributed by atoms with E-state index >= 15 is 0 Å². The molecule has 3 heterocycles. The molecule has 3 rings (SSSR count). The molecule has 1 fully saturated rings. The summed E-state index contributed by atoms with van der Waals surface area (Å²) in [6, 6.07) is 1.23. The second-order valence-electron chi connectivity index (χ2n) is 4.66. The summed E-state index contributed by atoms with van der Waals surface area (Å²) in [5.74, 6) is -1.24. The molecule has 110 valence electrons. The Balaban J connectivity index is 1.83. The normalized spacial score (nSPS) is 18.1. The van der Waals surface area contributed by atoms with Crippen LogP contribution in [-0.4, -0.2) is 39.5 Å². The molecule has 0 bridgehead atoms. The minimum Gasteiger partial charge on any atom is -0.480 e. The molecule has 5 nitrogen and oxygen atoms in total. The molecule has 1 N–H and O–H groups in total. The number of carbonyl (C=O) groups is 2. The van der Waals surface area contributed by atoms with Crippen LogP contribution in [0.4, 0.5) is 0 Å². The first kappa shape index (κ1) is 14.7. The van der Waals surface area contributed by atoms with Crippen molar-refractivity contribution in [3.05, 3.63) is 27.0 Å². The van der Waals surface area contributed by atoms with Crippen molar-refractivity contribution in [2.75, 3.05) is 6.54 Å². The Morgan fingerprint density at radius 3 is 2.86 bits per heavy atom.